The molecule has 10 nitrogen and oxygen atoms in total. The number of fused-ring (bicyclic) bond motifs is 3. The summed E-state index contributed by atoms with van der Waals surface area (Å²) < 4.78 is 40.3. The van der Waals surface area contributed by atoms with Gasteiger partial charge in [-0.15, -0.1) is 4.33 Å². The summed E-state index contributed by atoms with van der Waals surface area (Å²) in [6.45, 7) is 8.81. The van der Waals surface area contributed by atoms with Crippen molar-refractivity contribution in [3.63, 3.8) is 0 Å². The lowest BCUT2D eigenvalue weighted by molar-refractivity contribution is -0.432. The molecule has 42 heavy (non-hydrogen) atoms. The Bertz CT molecular complexity index is 1710. The highest BCUT2D eigenvalue weighted by Gasteiger charge is 2.64. The number of carbonyl (C=O) groups is 1. The van der Waals surface area contributed by atoms with Gasteiger partial charge in [0.2, 0.25) is 11.7 Å². The summed E-state index contributed by atoms with van der Waals surface area (Å²) in [6.07, 6.45) is 10.2. The monoisotopic (exact) mass is 614 g/mol. The van der Waals surface area contributed by atoms with E-state index in [1.165, 1.54) is 12.1 Å². The third kappa shape index (κ3) is 4.67. The zero-order chi connectivity index (χ0) is 30.7. The molecule has 2 atom stereocenters. The molecule has 0 aromatic heterocycles. The van der Waals surface area contributed by atoms with Gasteiger partial charge in [0.05, 0.1) is 40.7 Å². The zero-order valence-corrected chi connectivity index (χ0v) is 25.6. The molecule has 222 valence electrons. The first-order chi connectivity index (χ1) is 19.7. The number of carboxylic acids is 1. The van der Waals surface area contributed by atoms with Crippen LogP contribution in [0.1, 0.15) is 45.2 Å². The molecule has 2 aromatic rings. The van der Waals surface area contributed by atoms with Crippen molar-refractivity contribution in [2.45, 2.75) is 60.8 Å². The van der Waals surface area contributed by atoms with E-state index in [1.807, 2.05) is 69.5 Å². The lowest BCUT2D eigenvalue weighted by atomic mass is 9.81. The van der Waals surface area contributed by atoms with E-state index < -0.39 is 27.5 Å². The molecule has 3 N–H and O–H groups in total. The highest BCUT2D eigenvalue weighted by molar-refractivity contribution is 7.94. The molecule has 3 aliphatic rings. The van der Waals surface area contributed by atoms with Gasteiger partial charge in [-0.3, -0.25) is 4.55 Å². The van der Waals surface area contributed by atoms with Gasteiger partial charge in [-0.1, -0.05) is 35.4 Å². The van der Waals surface area contributed by atoms with Crippen molar-refractivity contribution in [2.24, 2.45) is 0 Å². The van der Waals surface area contributed by atoms with Crippen LogP contribution in [0.4, 0.5) is 11.4 Å². The fourth-order valence-electron chi connectivity index (χ4n) is 6.83. The second kappa shape index (κ2) is 10.6. The molecular weight excluding hydrogens is 580 g/mol. The number of benzene rings is 2. The first-order valence-electron chi connectivity index (χ1n) is 13.4. The smallest absolute Gasteiger partial charge is 0.363 e. The maximum atomic E-state index is 12.3. The molecular formula is C30H34N2O8S2+2. The predicted molar refractivity (Wildman–Crippen MR) is 159 cm³/mol. The average Bonchev–Trinajstić information content (AvgIpc) is 3.22. The molecule has 12 heteroatoms. The van der Waals surface area contributed by atoms with Crippen LogP contribution in [0.3, 0.4) is 0 Å². The van der Waals surface area contributed by atoms with Crippen molar-refractivity contribution in [1.29, 1.82) is 0 Å². The summed E-state index contributed by atoms with van der Waals surface area (Å²) in [6, 6.07) is 9.60. The Hall–Kier alpha value is -3.10. The molecule has 3 aliphatic heterocycles. The van der Waals surface area contributed by atoms with E-state index in [1.54, 1.807) is 6.07 Å². The molecule has 1 saturated heterocycles. The number of hydrogen-bond acceptors (Lipinski definition) is 7. The van der Waals surface area contributed by atoms with Crippen molar-refractivity contribution < 1.29 is 42.1 Å². The molecule has 0 aliphatic carbocycles. The standard InChI is InChI=1S/C30H32N2O8S2/c1-29(2)21-13-11-19(41-40-39-35)17-23(21)31(5)26(29)9-7-6-8-10-27-30(3,4)22-14-12-20(42(36,37)38)18-25(22)32(27)16-15-24(32)28(33)34/h6-14,17-18,24H,15-16H2,1-5H3,(H-2,33,34,35,36,37,38)/p+2. The van der Waals surface area contributed by atoms with Crippen molar-refractivity contribution in [3.05, 3.63) is 83.6 Å². The molecule has 0 radical (unpaired) electrons. The van der Waals surface area contributed by atoms with Gasteiger partial charge in [-0.05, 0) is 45.9 Å². The van der Waals surface area contributed by atoms with Gasteiger partial charge >= 0.3 is 5.97 Å². The lowest BCUT2D eigenvalue weighted by Crippen LogP contribution is -2.68. The van der Waals surface area contributed by atoms with Crippen LogP contribution < -0.4 is 4.48 Å². The van der Waals surface area contributed by atoms with E-state index in [2.05, 4.69) is 27.8 Å². The van der Waals surface area contributed by atoms with Crippen LogP contribution in [-0.4, -0.2) is 59.2 Å². The second-order valence-electron chi connectivity index (χ2n) is 11.8. The fourth-order valence-corrected chi connectivity index (χ4v) is 7.72. The van der Waals surface area contributed by atoms with Crippen LogP contribution in [0.2, 0.25) is 0 Å². The second-order valence-corrected chi connectivity index (χ2v) is 14.0. The predicted octanol–water partition coefficient (Wildman–Crippen LogP) is 5.52. The summed E-state index contributed by atoms with van der Waals surface area (Å²) in [5.41, 5.74) is 4.67. The Morgan fingerprint density at radius 3 is 2.40 bits per heavy atom. The average molecular weight is 615 g/mol. The normalized spacial score (nSPS) is 25.0. The van der Waals surface area contributed by atoms with Gasteiger partial charge < -0.3 is 5.11 Å². The third-order valence-corrected chi connectivity index (χ3v) is 10.3. The quantitative estimate of drug-likeness (QED) is 0.0669. The molecule has 5 rings (SSSR count). The number of allylic oxidation sites excluding steroid dienone is 6. The van der Waals surface area contributed by atoms with E-state index in [0.29, 0.717) is 18.7 Å². The van der Waals surface area contributed by atoms with E-state index in [4.69, 9.17) is 5.26 Å². The van der Waals surface area contributed by atoms with Crippen LogP contribution in [0, 0.1) is 0 Å². The van der Waals surface area contributed by atoms with Gasteiger partial charge in [-0.2, -0.15) is 13.0 Å². The minimum Gasteiger partial charge on any atom is -0.477 e. The summed E-state index contributed by atoms with van der Waals surface area (Å²) >= 11 is 0.908. The van der Waals surface area contributed by atoms with Crippen LogP contribution in [0.25, 0.3) is 0 Å². The largest absolute Gasteiger partial charge is 0.477 e. The molecule has 2 aromatic carbocycles. The number of rotatable bonds is 8. The number of aliphatic carboxylic acids is 1. The molecule has 2 unspecified atom stereocenters. The summed E-state index contributed by atoms with van der Waals surface area (Å²) in [7, 11) is -2.47. The number of quaternary nitrogens is 1. The molecule has 0 bridgehead atoms. The van der Waals surface area contributed by atoms with Crippen LogP contribution >= 0.6 is 12.0 Å². The van der Waals surface area contributed by atoms with Crippen LogP contribution in [-0.2, 0) is 35.1 Å². The Labute approximate surface area is 249 Å². The first-order valence-corrected chi connectivity index (χ1v) is 15.5. The SMILES string of the molecule is C[N+]1=C(C=CC=CC=C2C(C)(C)c3ccc(S(=O)(=O)O)cc3[N+]23CCC3C(=O)O)C(C)(C)c2ccc(SOOO)cc21. The Morgan fingerprint density at radius 1 is 1.07 bits per heavy atom. The molecule has 1 fully saturated rings. The summed E-state index contributed by atoms with van der Waals surface area (Å²) in [5, 5.41) is 22.3. The van der Waals surface area contributed by atoms with Crippen molar-refractivity contribution in [1.82, 2.24) is 4.48 Å². The van der Waals surface area contributed by atoms with E-state index in [-0.39, 0.29) is 14.8 Å². The number of carboxylic acid groups (broad SMARTS) is 1. The van der Waals surface area contributed by atoms with E-state index in [9.17, 15) is 22.9 Å². The summed E-state index contributed by atoms with van der Waals surface area (Å²) in [4.78, 5) is 12.8. The number of nitrogens with zero attached hydrogens (tertiary/aromatic N) is 2. The molecule has 0 saturated carbocycles. The van der Waals surface area contributed by atoms with Crippen molar-refractivity contribution >= 4 is 45.2 Å². The molecule has 0 amide bonds. The van der Waals surface area contributed by atoms with Crippen LogP contribution in [0.15, 0.2) is 82.3 Å². The van der Waals surface area contributed by atoms with Gasteiger partial charge in [-0.25, -0.2) is 14.5 Å². The lowest BCUT2D eigenvalue weighted by Gasteiger charge is -2.49. The fraction of sp³-hybridized carbons (Fsp3) is 0.333. The Kier molecular flexibility index (Phi) is 7.63. The topological polar surface area (TPSA) is 133 Å². The van der Waals surface area contributed by atoms with Crippen LogP contribution in [0.5, 0.6) is 0 Å². The number of hydrogen-bond donors (Lipinski definition) is 3. The molecule has 1 spiro atoms. The van der Waals surface area contributed by atoms with E-state index >= 15 is 0 Å². The zero-order valence-electron chi connectivity index (χ0n) is 23.9. The van der Waals surface area contributed by atoms with Crippen molar-refractivity contribution in [3.8, 4) is 0 Å². The summed E-state index contributed by atoms with van der Waals surface area (Å²) in [5.74, 6) is -0.948. The van der Waals surface area contributed by atoms with Gasteiger partial charge in [0, 0.05) is 34.2 Å². The maximum absolute atomic E-state index is 12.3. The highest BCUT2D eigenvalue weighted by Crippen LogP contribution is 2.58. The highest BCUT2D eigenvalue weighted by atomic mass is 32.2. The Morgan fingerprint density at radius 2 is 1.79 bits per heavy atom. The van der Waals surface area contributed by atoms with Gasteiger partial charge in [0.1, 0.15) is 18.4 Å². The first kappa shape index (κ1) is 30.4. The van der Waals surface area contributed by atoms with E-state index in [0.717, 1.165) is 45.2 Å². The Balaban J connectivity index is 1.48. The van der Waals surface area contributed by atoms with Crippen molar-refractivity contribution in [2.75, 3.05) is 13.6 Å². The van der Waals surface area contributed by atoms with Gasteiger partial charge in [0.15, 0.2) is 5.71 Å². The maximum Gasteiger partial charge on any atom is 0.363 e. The minimum absolute atomic E-state index is 0.0307. The molecule has 3 heterocycles. The minimum atomic E-state index is -4.45. The third-order valence-electron chi connectivity index (χ3n) is 8.91. The van der Waals surface area contributed by atoms with Gasteiger partial charge in [0.25, 0.3) is 10.1 Å².